The number of hydrogen-bond donors (Lipinski definition) is 2. The van der Waals surface area contributed by atoms with Crippen molar-refractivity contribution in [1.29, 1.82) is 0 Å². The molecule has 0 saturated carbocycles. The second kappa shape index (κ2) is 22.4. The van der Waals surface area contributed by atoms with Gasteiger partial charge < -0.3 is 10.2 Å². The van der Waals surface area contributed by atoms with Gasteiger partial charge in [-0.25, -0.2) is 0 Å². The van der Waals surface area contributed by atoms with Gasteiger partial charge in [0.2, 0.25) is 0 Å². The average Bonchev–Trinajstić information content (AvgIpc) is 1.93. The summed E-state index contributed by atoms with van der Waals surface area (Å²) in [6, 6.07) is 0. The van der Waals surface area contributed by atoms with Crippen molar-refractivity contribution in [1.82, 2.24) is 0 Å². The molecule has 0 fully saturated rings. The van der Waals surface area contributed by atoms with Crippen LogP contribution in [-0.4, -0.2) is 22.9 Å². The van der Waals surface area contributed by atoms with Gasteiger partial charge in [0.05, 0.1) is 0 Å². The second-order valence-electron chi connectivity index (χ2n) is 2.17. The molecule has 0 aromatic carbocycles. The molecule has 0 rings (SSSR count). The Hall–Kier alpha value is 0.434. The molecule has 0 aliphatic carbocycles. The standard InChI is InChI=1S/C4H10O.C3H8O.O.Ti/c1-2-3-4-5;1-3(2)4;;/h5H,2-4H2,1H3;3-4H,1-2H3;;. The van der Waals surface area contributed by atoms with Crippen LogP contribution in [0.2, 0.25) is 0 Å². The fourth-order valence-corrected chi connectivity index (χ4v) is 0.158. The van der Waals surface area contributed by atoms with Gasteiger partial charge in [-0.05, 0) is 20.3 Å². The molecule has 4 heteroatoms. The van der Waals surface area contributed by atoms with Gasteiger partial charge in [0.1, 0.15) is 0 Å². The second-order valence-corrected chi connectivity index (χ2v) is 2.17. The molecule has 0 amide bonds. The van der Waals surface area contributed by atoms with Gasteiger partial charge in [-0.3, -0.25) is 0 Å². The van der Waals surface area contributed by atoms with Crippen molar-refractivity contribution in [3.8, 4) is 0 Å². The summed E-state index contributed by atoms with van der Waals surface area (Å²) >= 11 is 0.750. The number of aliphatic hydroxyl groups is 2. The Bertz CT molecular complexity index is 46.2. The van der Waals surface area contributed by atoms with Crippen LogP contribution in [-0.2, 0) is 23.7 Å². The number of rotatable bonds is 2. The van der Waals surface area contributed by atoms with Crippen molar-refractivity contribution in [2.24, 2.45) is 0 Å². The van der Waals surface area contributed by atoms with E-state index in [2.05, 4.69) is 6.92 Å². The van der Waals surface area contributed by atoms with E-state index >= 15 is 0 Å². The maximum atomic E-state index is 8.25. The van der Waals surface area contributed by atoms with Crippen LogP contribution in [0.5, 0.6) is 0 Å². The van der Waals surface area contributed by atoms with Crippen molar-refractivity contribution in [2.45, 2.75) is 39.7 Å². The Labute approximate surface area is 80.5 Å². The van der Waals surface area contributed by atoms with Crippen LogP contribution in [0.4, 0.5) is 0 Å². The van der Waals surface area contributed by atoms with Crippen LogP contribution >= 0.6 is 0 Å². The van der Waals surface area contributed by atoms with E-state index in [4.69, 9.17) is 13.5 Å². The van der Waals surface area contributed by atoms with E-state index in [-0.39, 0.29) is 6.10 Å². The average molecular weight is 198 g/mol. The molecule has 0 atom stereocenters. The molecule has 68 valence electrons. The Balaban J connectivity index is -0.0000000965. The zero-order chi connectivity index (χ0) is 9.70. The van der Waals surface area contributed by atoms with E-state index in [1.165, 1.54) is 0 Å². The van der Waals surface area contributed by atoms with Gasteiger partial charge in [-0.1, -0.05) is 13.3 Å². The number of unbranched alkanes of at least 4 members (excludes halogenated alkanes) is 1. The first-order valence-electron chi connectivity index (χ1n) is 3.64. The maximum absolute atomic E-state index is 8.25. The van der Waals surface area contributed by atoms with Gasteiger partial charge >= 0.3 is 23.7 Å². The SMILES string of the molecule is CC(C)O.CCCCO.[O]=[Ti]. The van der Waals surface area contributed by atoms with Crippen molar-refractivity contribution >= 4 is 0 Å². The molecular weight excluding hydrogens is 180 g/mol. The Morgan fingerprint density at radius 3 is 1.64 bits per heavy atom. The molecule has 0 aliphatic rings. The molecule has 3 nitrogen and oxygen atoms in total. The predicted molar refractivity (Wildman–Crippen MR) is 40.0 cm³/mol. The minimum absolute atomic E-state index is 0.167. The van der Waals surface area contributed by atoms with Crippen LogP contribution < -0.4 is 0 Å². The topological polar surface area (TPSA) is 57.5 Å². The normalized spacial score (nSPS) is 7.36. The van der Waals surface area contributed by atoms with Gasteiger partial charge in [0.15, 0.2) is 0 Å². The zero-order valence-electron chi connectivity index (χ0n) is 7.50. The van der Waals surface area contributed by atoms with Crippen LogP contribution in [0.25, 0.3) is 0 Å². The van der Waals surface area contributed by atoms with Crippen LogP contribution in [0, 0.1) is 0 Å². The van der Waals surface area contributed by atoms with E-state index in [1.807, 2.05) is 0 Å². The monoisotopic (exact) mass is 198 g/mol. The molecular formula is C7H18O3Ti. The predicted octanol–water partition coefficient (Wildman–Crippen LogP) is 1.04. The third-order valence-corrected chi connectivity index (χ3v) is 0.512. The fourth-order valence-electron chi connectivity index (χ4n) is 0.158. The quantitative estimate of drug-likeness (QED) is 0.652. The molecule has 0 aromatic heterocycles. The van der Waals surface area contributed by atoms with Crippen molar-refractivity contribution in [2.75, 3.05) is 6.61 Å². The Morgan fingerprint density at radius 1 is 1.36 bits per heavy atom. The minimum atomic E-state index is -0.167. The molecule has 0 aromatic rings. The van der Waals surface area contributed by atoms with E-state index in [1.54, 1.807) is 13.8 Å². The molecule has 0 saturated heterocycles. The molecule has 0 unspecified atom stereocenters. The number of hydrogen-bond acceptors (Lipinski definition) is 3. The molecule has 0 radical (unpaired) electrons. The number of aliphatic hydroxyl groups excluding tert-OH is 2. The van der Waals surface area contributed by atoms with Crippen LogP contribution in [0.15, 0.2) is 0 Å². The third-order valence-electron chi connectivity index (χ3n) is 0.512. The summed E-state index contributed by atoms with van der Waals surface area (Å²) in [5.41, 5.74) is 0. The summed E-state index contributed by atoms with van der Waals surface area (Å²) in [7, 11) is 0. The molecule has 0 aliphatic heterocycles. The summed E-state index contributed by atoms with van der Waals surface area (Å²) in [5, 5.41) is 16.1. The van der Waals surface area contributed by atoms with Gasteiger partial charge in [-0.2, -0.15) is 0 Å². The van der Waals surface area contributed by atoms with Crippen molar-refractivity contribution in [3.63, 3.8) is 0 Å². The van der Waals surface area contributed by atoms with Crippen LogP contribution in [0.3, 0.4) is 0 Å². The fraction of sp³-hybridized carbons (Fsp3) is 1.00. The van der Waals surface area contributed by atoms with Crippen molar-refractivity contribution < 1.29 is 33.9 Å². The molecule has 2 N–H and O–H groups in total. The van der Waals surface area contributed by atoms with Gasteiger partial charge in [0.25, 0.3) is 0 Å². The van der Waals surface area contributed by atoms with E-state index in [9.17, 15) is 0 Å². The van der Waals surface area contributed by atoms with E-state index in [0.717, 1.165) is 33.2 Å². The molecule has 11 heavy (non-hydrogen) atoms. The summed E-state index contributed by atoms with van der Waals surface area (Å²) in [6.45, 7) is 5.84. The summed E-state index contributed by atoms with van der Waals surface area (Å²) in [4.78, 5) is 0. The van der Waals surface area contributed by atoms with Crippen LogP contribution in [0.1, 0.15) is 33.6 Å². The van der Waals surface area contributed by atoms with Gasteiger partial charge in [-0.15, -0.1) is 0 Å². The third kappa shape index (κ3) is 125. The first kappa shape index (κ1) is 17.5. The Morgan fingerprint density at radius 2 is 1.64 bits per heavy atom. The molecule has 0 heterocycles. The molecule has 0 bridgehead atoms. The summed E-state index contributed by atoms with van der Waals surface area (Å²) < 4.78 is 8.25. The summed E-state index contributed by atoms with van der Waals surface area (Å²) in [6.07, 6.45) is 1.87. The van der Waals surface area contributed by atoms with Gasteiger partial charge in [0, 0.05) is 12.7 Å². The first-order valence-corrected chi connectivity index (χ1v) is 4.28. The zero-order valence-corrected chi connectivity index (χ0v) is 9.06. The van der Waals surface area contributed by atoms with E-state index < -0.39 is 0 Å². The first-order chi connectivity index (χ1) is 5.15. The van der Waals surface area contributed by atoms with E-state index in [0.29, 0.717) is 6.61 Å². The van der Waals surface area contributed by atoms with Crippen molar-refractivity contribution in [3.05, 3.63) is 0 Å². The Kier molecular flexibility index (Phi) is 35.7. The summed E-state index contributed by atoms with van der Waals surface area (Å²) in [5.74, 6) is 0. The molecule has 0 spiro atoms.